The van der Waals surface area contributed by atoms with E-state index in [-0.39, 0.29) is 5.60 Å². The first kappa shape index (κ1) is 14.3. The molecule has 1 unspecified atom stereocenters. The lowest BCUT2D eigenvalue weighted by molar-refractivity contribution is 0.0649. The van der Waals surface area contributed by atoms with Crippen LogP contribution in [0.3, 0.4) is 0 Å². The Labute approximate surface area is 126 Å². The molecular formula is C17H25NOS. The van der Waals surface area contributed by atoms with Crippen LogP contribution >= 0.6 is 11.8 Å². The van der Waals surface area contributed by atoms with Gasteiger partial charge in [0.1, 0.15) is 11.4 Å². The van der Waals surface area contributed by atoms with Crippen molar-refractivity contribution in [3.8, 4) is 5.75 Å². The van der Waals surface area contributed by atoms with Gasteiger partial charge in [-0.05, 0) is 39.0 Å². The van der Waals surface area contributed by atoms with Crippen molar-refractivity contribution >= 4 is 11.8 Å². The molecule has 1 saturated carbocycles. The number of ether oxygens (including phenoxy) is 1. The minimum absolute atomic E-state index is 0.0852. The second-order valence-electron chi connectivity index (χ2n) is 6.78. The van der Waals surface area contributed by atoms with Crippen molar-refractivity contribution in [1.82, 2.24) is 5.32 Å². The molecule has 0 spiro atoms. The van der Waals surface area contributed by atoms with E-state index in [4.69, 9.17) is 4.74 Å². The zero-order valence-corrected chi connectivity index (χ0v) is 13.6. The van der Waals surface area contributed by atoms with Crippen molar-refractivity contribution in [2.45, 2.75) is 55.9 Å². The largest absolute Gasteiger partial charge is 0.487 e. The number of fused-ring (bicyclic) bond motifs is 1. The van der Waals surface area contributed by atoms with Gasteiger partial charge in [0.2, 0.25) is 0 Å². The van der Waals surface area contributed by atoms with E-state index in [2.05, 4.69) is 49.7 Å². The molecule has 1 atom stereocenters. The molecule has 0 amide bonds. The SMILES string of the molecule is CSC1(CNC2CC(C)(C)Oc3ccccc32)CCC1. The van der Waals surface area contributed by atoms with Gasteiger partial charge in [-0.25, -0.2) is 0 Å². The monoisotopic (exact) mass is 291 g/mol. The molecule has 0 bridgehead atoms. The van der Waals surface area contributed by atoms with Crippen LogP contribution in [-0.2, 0) is 0 Å². The molecular weight excluding hydrogens is 266 g/mol. The van der Waals surface area contributed by atoms with E-state index in [0.29, 0.717) is 10.8 Å². The Bertz CT molecular complexity index is 476. The van der Waals surface area contributed by atoms with E-state index in [1.807, 2.05) is 11.8 Å². The first-order valence-corrected chi connectivity index (χ1v) is 8.83. The fourth-order valence-electron chi connectivity index (χ4n) is 3.32. The maximum atomic E-state index is 6.10. The minimum Gasteiger partial charge on any atom is -0.487 e. The van der Waals surface area contributed by atoms with Crippen molar-refractivity contribution in [2.24, 2.45) is 0 Å². The van der Waals surface area contributed by atoms with Gasteiger partial charge in [0.15, 0.2) is 0 Å². The van der Waals surface area contributed by atoms with Crippen LogP contribution in [0.2, 0.25) is 0 Å². The molecule has 1 aromatic rings. The smallest absolute Gasteiger partial charge is 0.124 e. The zero-order chi connectivity index (χ0) is 14.2. The van der Waals surface area contributed by atoms with Crippen molar-refractivity contribution in [1.29, 1.82) is 0 Å². The third kappa shape index (κ3) is 2.71. The molecule has 1 fully saturated rings. The summed E-state index contributed by atoms with van der Waals surface area (Å²) in [6, 6.07) is 8.89. The first-order chi connectivity index (χ1) is 9.54. The third-order valence-corrected chi connectivity index (χ3v) is 6.16. The molecule has 2 nitrogen and oxygen atoms in total. The van der Waals surface area contributed by atoms with Crippen LogP contribution in [0.4, 0.5) is 0 Å². The van der Waals surface area contributed by atoms with Crippen molar-refractivity contribution < 1.29 is 4.74 Å². The molecule has 0 radical (unpaired) electrons. The average molecular weight is 291 g/mol. The van der Waals surface area contributed by atoms with Crippen LogP contribution in [0.25, 0.3) is 0 Å². The molecule has 0 aromatic heterocycles. The van der Waals surface area contributed by atoms with E-state index >= 15 is 0 Å². The maximum absolute atomic E-state index is 6.10. The molecule has 110 valence electrons. The van der Waals surface area contributed by atoms with E-state index in [1.165, 1.54) is 24.8 Å². The van der Waals surface area contributed by atoms with Crippen molar-refractivity contribution in [3.63, 3.8) is 0 Å². The maximum Gasteiger partial charge on any atom is 0.124 e. The van der Waals surface area contributed by atoms with Gasteiger partial charge >= 0.3 is 0 Å². The molecule has 2 aliphatic rings. The van der Waals surface area contributed by atoms with Crippen LogP contribution in [0.1, 0.15) is 51.1 Å². The minimum atomic E-state index is -0.0852. The highest BCUT2D eigenvalue weighted by Crippen LogP contribution is 2.44. The number of thioether (sulfide) groups is 1. The number of benzene rings is 1. The van der Waals surface area contributed by atoms with Gasteiger partial charge in [0, 0.05) is 29.3 Å². The summed E-state index contributed by atoms with van der Waals surface area (Å²) < 4.78 is 6.59. The Morgan fingerprint density at radius 2 is 2.05 bits per heavy atom. The Kier molecular flexibility index (Phi) is 3.76. The Morgan fingerprint density at radius 1 is 1.30 bits per heavy atom. The van der Waals surface area contributed by atoms with Crippen LogP contribution in [-0.4, -0.2) is 23.1 Å². The second-order valence-corrected chi connectivity index (χ2v) is 8.05. The standard InChI is InChI=1S/C17H25NOS/c1-16(2)11-14(13-7-4-5-8-15(13)19-16)18-12-17(20-3)9-6-10-17/h4-5,7-8,14,18H,6,9-12H2,1-3H3. The van der Waals surface area contributed by atoms with E-state index < -0.39 is 0 Å². The third-order valence-electron chi connectivity index (χ3n) is 4.74. The molecule has 0 saturated heterocycles. The fourth-order valence-corrected chi connectivity index (χ4v) is 4.24. The molecule has 1 aliphatic carbocycles. The van der Waals surface area contributed by atoms with Gasteiger partial charge in [-0.1, -0.05) is 24.6 Å². The van der Waals surface area contributed by atoms with E-state index in [1.54, 1.807) is 0 Å². The normalized spacial score (nSPS) is 26.2. The van der Waals surface area contributed by atoms with Gasteiger partial charge in [-0.3, -0.25) is 0 Å². The summed E-state index contributed by atoms with van der Waals surface area (Å²) in [6.45, 7) is 5.49. The summed E-state index contributed by atoms with van der Waals surface area (Å²) >= 11 is 2.04. The van der Waals surface area contributed by atoms with Gasteiger partial charge in [-0.15, -0.1) is 0 Å². The van der Waals surface area contributed by atoms with E-state index in [0.717, 1.165) is 18.7 Å². The lowest BCUT2D eigenvalue weighted by atomic mass is 9.83. The Balaban J connectivity index is 1.75. The number of para-hydroxylation sites is 1. The zero-order valence-electron chi connectivity index (χ0n) is 12.7. The molecule has 1 heterocycles. The van der Waals surface area contributed by atoms with Crippen molar-refractivity contribution in [2.75, 3.05) is 12.8 Å². The lowest BCUT2D eigenvalue weighted by Crippen LogP contribution is -2.47. The van der Waals surface area contributed by atoms with Crippen LogP contribution in [0, 0.1) is 0 Å². The average Bonchev–Trinajstić information content (AvgIpc) is 2.36. The highest BCUT2D eigenvalue weighted by Gasteiger charge is 2.38. The number of hydrogen-bond acceptors (Lipinski definition) is 3. The number of nitrogens with one attached hydrogen (secondary N) is 1. The summed E-state index contributed by atoms with van der Waals surface area (Å²) in [7, 11) is 0. The van der Waals surface area contributed by atoms with E-state index in [9.17, 15) is 0 Å². The molecule has 1 N–H and O–H groups in total. The Hall–Kier alpha value is -0.670. The molecule has 20 heavy (non-hydrogen) atoms. The lowest BCUT2D eigenvalue weighted by Gasteiger charge is -2.44. The first-order valence-electron chi connectivity index (χ1n) is 7.60. The van der Waals surface area contributed by atoms with Crippen LogP contribution < -0.4 is 10.1 Å². The highest BCUT2D eigenvalue weighted by atomic mass is 32.2. The summed E-state index contributed by atoms with van der Waals surface area (Å²) in [5.41, 5.74) is 1.24. The van der Waals surface area contributed by atoms with Gasteiger partial charge in [-0.2, -0.15) is 11.8 Å². The number of rotatable bonds is 4. The predicted octanol–water partition coefficient (Wildman–Crippen LogP) is 4.16. The Morgan fingerprint density at radius 3 is 2.70 bits per heavy atom. The second kappa shape index (κ2) is 5.27. The van der Waals surface area contributed by atoms with Gasteiger partial charge in [0.25, 0.3) is 0 Å². The summed E-state index contributed by atoms with van der Waals surface area (Å²) in [5.74, 6) is 1.05. The summed E-state index contributed by atoms with van der Waals surface area (Å²) in [6.07, 6.45) is 7.39. The molecule has 3 rings (SSSR count). The molecule has 1 aromatic carbocycles. The van der Waals surface area contributed by atoms with Crippen LogP contribution in [0.15, 0.2) is 24.3 Å². The van der Waals surface area contributed by atoms with Gasteiger partial charge < -0.3 is 10.1 Å². The highest BCUT2D eigenvalue weighted by molar-refractivity contribution is 8.00. The van der Waals surface area contributed by atoms with Gasteiger partial charge in [0.05, 0.1) is 0 Å². The molecule has 1 aliphatic heterocycles. The summed E-state index contributed by atoms with van der Waals surface area (Å²) in [4.78, 5) is 0. The fraction of sp³-hybridized carbons (Fsp3) is 0.647. The number of hydrogen-bond donors (Lipinski definition) is 1. The van der Waals surface area contributed by atoms with Crippen molar-refractivity contribution in [3.05, 3.63) is 29.8 Å². The van der Waals surface area contributed by atoms with Crippen LogP contribution in [0.5, 0.6) is 5.75 Å². The predicted molar refractivity (Wildman–Crippen MR) is 86.6 cm³/mol. The quantitative estimate of drug-likeness (QED) is 0.900. The topological polar surface area (TPSA) is 21.3 Å². The summed E-state index contributed by atoms with van der Waals surface area (Å²) in [5, 5.41) is 3.83. The molecule has 3 heteroatoms.